The number of benzene rings is 5. The Hall–Kier alpha value is -6.84. The summed E-state index contributed by atoms with van der Waals surface area (Å²) in [6, 6.07) is -2.31. The van der Waals surface area contributed by atoms with E-state index in [1.54, 1.807) is 49.1 Å². The van der Waals surface area contributed by atoms with Crippen molar-refractivity contribution < 1.29 is 120 Å². The zero-order chi connectivity index (χ0) is 53.7. The number of hydrogen-bond donors (Lipinski definition) is 1. The van der Waals surface area contributed by atoms with E-state index < -0.39 is 195 Å². The number of aromatic nitrogens is 2. The molecule has 4 nitrogen and oxygen atoms in total. The van der Waals surface area contributed by atoms with E-state index in [9.17, 15) is 105 Å². The maximum Gasteiger partial charge on any atom is 0.416 e. The quantitative estimate of drug-likeness (QED) is 0.103. The summed E-state index contributed by atoms with van der Waals surface area (Å²) in [4.78, 5) is 9.26. The molecule has 6 aromatic rings. The van der Waals surface area contributed by atoms with E-state index in [1.807, 2.05) is 0 Å². The van der Waals surface area contributed by atoms with Crippen LogP contribution in [0.4, 0.5) is 105 Å². The second-order valence-corrected chi connectivity index (χ2v) is 14.9. The van der Waals surface area contributed by atoms with Crippen molar-refractivity contribution in [1.29, 1.82) is 0 Å². The number of phenols is 1. The van der Waals surface area contributed by atoms with Crippen LogP contribution in [-0.4, -0.2) is 16.2 Å². The SMILES string of the molecule is FC(F)(F)c1cc([B-](c2cc(C(F)(F)F)cc(C(F)(F)F)c2)(c2cc(C(F)(F)F)cc(C(F)(F)F)c2)c2cc(C(F)(F)F)cc(C(F)(F)F)c2)cc(C(F)(F)F)c1.Oc1ccc(O[n+]2ccncc2)cc1. The fourth-order valence-corrected chi connectivity index (χ4v) is 7.07. The third kappa shape index (κ3) is 12.9. The molecule has 0 radical (unpaired) electrons. The van der Waals surface area contributed by atoms with Crippen molar-refractivity contribution in [3.8, 4) is 11.5 Å². The van der Waals surface area contributed by atoms with Crippen molar-refractivity contribution in [3.05, 3.63) is 166 Å². The molecule has 0 aliphatic rings. The lowest BCUT2D eigenvalue weighted by atomic mass is 9.12. The Morgan fingerprint density at radius 3 is 0.746 bits per heavy atom. The van der Waals surface area contributed by atoms with Gasteiger partial charge in [-0.1, -0.05) is 48.5 Å². The van der Waals surface area contributed by atoms with Gasteiger partial charge in [-0.25, -0.2) is 4.84 Å². The van der Waals surface area contributed by atoms with Gasteiger partial charge < -0.3 is 5.11 Å². The zero-order valence-electron chi connectivity index (χ0n) is 33.9. The van der Waals surface area contributed by atoms with E-state index >= 15 is 0 Å². The molecule has 382 valence electrons. The highest BCUT2D eigenvalue weighted by molar-refractivity contribution is 7.20. The fourth-order valence-electron chi connectivity index (χ4n) is 7.07. The molecular weight excluding hydrogens is 1030 g/mol. The molecule has 0 saturated carbocycles. The minimum absolute atomic E-state index is 0.220. The summed E-state index contributed by atoms with van der Waals surface area (Å²) in [6.07, 6.45) is -48.2. The number of alkyl halides is 24. The van der Waals surface area contributed by atoms with Gasteiger partial charge in [-0.05, 0) is 48.5 Å². The minimum Gasteiger partial charge on any atom is -0.508 e. The summed E-state index contributed by atoms with van der Waals surface area (Å²) in [5.74, 6) is 0.871. The summed E-state index contributed by atoms with van der Waals surface area (Å²) in [5, 5.41) is 9.05. The third-order valence-corrected chi connectivity index (χ3v) is 10.1. The first kappa shape index (κ1) is 55.1. The molecule has 6 rings (SSSR count). The summed E-state index contributed by atoms with van der Waals surface area (Å²) in [6.45, 7) is 0. The Morgan fingerprint density at radius 1 is 0.338 bits per heavy atom. The van der Waals surface area contributed by atoms with Crippen molar-refractivity contribution in [3.63, 3.8) is 0 Å². The minimum atomic E-state index is -6.13. The lowest BCUT2D eigenvalue weighted by Crippen LogP contribution is -2.75. The van der Waals surface area contributed by atoms with E-state index in [0.29, 0.717) is 5.75 Å². The van der Waals surface area contributed by atoms with Gasteiger partial charge in [0.15, 0.2) is 0 Å². The first-order chi connectivity index (χ1) is 32.1. The zero-order valence-corrected chi connectivity index (χ0v) is 33.9. The maximum atomic E-state index is 14.2. The average Bonchev–Trinajstić information content (AvgIpc) is 3.22. The van der Waals surface area contributed by atoms with Crippen LogP contribution in [0.5, 0.6) is 11.5 Å². The van der Waals surface area contributed by atoms with Crippen LogP contribution in [0.25, 0.3) is 0 Å². The van der Waals surface area contributed by atoms with Crippen LogP contribution in [0.15, 0.2) is 122 Å². The number of rotatable bonds is 6. The van der Waals surface area contributed by atoms with E-state index in [0.717, 1.165) is 0 Å². The highest BCUT2D eigenvalue weighted by atomic mass is 19.4. The summed E-state index contributed by atoms with van der Waals surface area (Å²) in [7, 11) is 0. The average molecular weight is 1050 g/mol. The van der Waals surface area contributed by atoms with Crippen LogP contribution in [0.3, 0.4) is 0 Å². The standard InChI is InChI=1S/C32H12BF24.C10H8N2O2/c34-25(35,36)13-1-14(26(37,38)39)6-21(5-13)33(22-7-15(27(40,41)42)2-16(8-22)28(43,44)45,23-9-17(29(46,47)48)3-18(10-23)30(49,50)51)24-11-19(31(52,53)54)4-20(12-24)32(55,56)57;13-9-1-3-10(4-2-9)14-12-7-5-11-6-8-12/h1-12H;1-8H/q-1;/p+1. The third-order valence-electron chi connectivity index (χ3n) is 10.1. The second kappa shape index (κ2) is 18.7. The van der Waals surface area contributed by atoms with Crippen LogP contribution in [0.1, 0.15) is 44.5 Å². The van der Waals surface area contributed by atoms with E-state index in [2.05, 4.69) is 4.98 Å². The monoisotopic (exact) mass is 1050 g/mol. The molecule has 1 aromatic heterocycles. The largest absolute Gasteiger partial charge is 0.508 e. The van der Waals surface area contributed by atoms with Crippen LogP contribution in [0, 0.1) is 0 Å². The lowest BCUT2D eigenvalue weighted by molar-refractivity contribution is -0.875. The molecule has 1 heterocycles. The van der Waals surface area contributed by atoms with Crippen molar-refractivity contribution in [2.45, 2.75) is 49.4 Å². The molecule has 0 fully saturated rings. The number of aromatic hydroxyl groups is 1. The first-order valence-electron chi connectivity index (χ1n) is 18.7. The Kier molecular flexibility index (Phi) is 14.5. The topological polar surface area (TPSA) is 46.2 Å². The Bertz CT molecular complexity index is 2410. The van der Waals surface area contributed by atoms with Crippen molar-refractivity contribution in [1.82, 2.24) is 4.98 Å². The lowest BCUT2D eigenvalue weighted by Gasteiger charge is -2.46. The number of halogens is 24. The van der Waals surface area contributed by atoms with E-state index in [1.165, 1.54) is 4.73 Å². The fraction of sp³-hybridized carbons (Fsp3) is 0.190. The molecule has 0 amide bonds. The normalized spacial score (nSPS) is 13.4. The Morgan fingerprint density at radius 2 is 0.549 bits per heavy atom. The number of nitrogens with zero attached hydrogens (tertiary/aromatic N) is 2. The summed E-state index contributed by atoms with van der Waals surface area (Å²) in [5.41, 5.74) is -30.2. The van der Waals surface area contributed by atoms with E-state index in [4.69, 9.17) is 9.94 Å². The molecular formula is C42H21BF24N2O2. The van der Waals surface area contributed by atoms with Crippen molar-refractivity contribution >= 4 is 28.0 Å². The summed E-state index contributed by atoms with van der Waals surface area (Å²) < 4.78 is 342. The maximum absolute atomic E-state index is 14.2. The molecule has 1 N–H and O–H groups in total. The van der Waals surface area contributed by atoms with Crippen molar-refractivity contribution in [2.24, 2.45) is 0 Å². The highest BCUT2D eigenvalue weighted by Gasteiger charge is 2.47. The molecule has 29 heteroatoms. The first-order valence-corrected chi connectivity index (χ1v) is 18.7. The molecule has 0 bridgehead atoms. The second-order valence-electron chi connectivity index (χ2n) is 14.9. The Balaban J connectivity index is 0.000000569. The number of hydrogen-bond acceptors (Lipinski definition) is 3. The smallest absolute Gasteiger partial charge is 0.416 e. The van der Waals surface area contributed by atoms with Gasteiger partial charge in [0.1, 0.15) is 11.9 Å². The van der Waals surface area contributed by atoms with Crippen molar-refractivity contribution in [2.75, 3.05) is 0 Å². The molecule has 0 spiro atoms. The van der Waals surface area contributed by atoms with Gasteiger partial charge in [0.25, 0.3) is 0 Å². The predicted molar refractivity (Wildman–Crippen MR) is 199 cm³/mol. The van der Waals surface area contributed by atoms with Crippen LogP contribution >= 0.6 is 0 Å². The summed E-state index contributed by atoms with van der Waals surface area (Å²) >= 11 is 0. The molecule has 0 atom stereocenters. The van der Waals surface area contributed by atoms with Gasteiger partial charge in [-0.2, -0.15) is 127 Å². The molecule has 0 aliphatic heterocycles. The highest BCUT2D eigenvalue weighted by Crippen LogP contribution is 2.41. The molecule has 71 heavy (non-hydrogen) atoms. The van der Waals surface area contributed by atoms with Crippen LogP contribution < -0.4 is 31.4 Å². The number of phenolic OH excluding ortho intramolecular Hbond substituents is 1. The van der Waals surface area contributed by atoms with Crippen LogP contribution in [-0.2, 0) is 49.4 Å². The van der Waals surface area contributed by atoms with Crippen LogP contribution in [0.2, 0.25) is 0 Å². The van der Waals surface area contributed by atoms with Gasteiger partial charge in [0.2, 0.25) is 18.1 Å². The van der Waals surface area contributed by atoms with Gasteiger partial charge in [0, 0.05) is 4.73 Å². The predicted octanol–water partition coefficient (Wildman–Crippen LogP) is 12.1. The van der Waals surface area contributed by atoms with Gasteiger partial charge in [-0.15, -0.1) is 0 Å². The molecule has 0 unspecified atom stereocenters. The van der Waals surface area contributed by atoms with Gasteiger partial charge >= 0.3 is 49.4 Å². The van der Waals surface area contributed by atoms with E-state index in [-0.39, 0.29) is 5.75 Å². The van der Waals surface area contributed by atoms with Gasteiger partial charge in [0.05, 0.1) is 56.9 Å². The Labute approximate surface area is 380 Å². The van der Waals surface area contributed by atoms with Gasteiger partial charge in [-0.3, -0.25) is 4.98 Å². The molecule has 0 aliphatic carbocycles. The molecule has 5 aromatic carbocycles. The molecule has 0 saturated heterocycles.